The molecule has 1 aromatic carbocycles. The lowest BCUT2D eigenvalue weighted by Gasteiger charge is -2.18. The first kappa shape index (κ1) is 18.5. The summed E-state index contributed by atoms with van der Waals surface area (Å²) in [4.78, 5) is 27.1. The molecule has 2 heterocycles. The number of hydrogen-bond acceptors (Lipinski definition) is 6. The fourth-order valence-electron chi connectivity index (χ4n) is 2.41. The third kappa shape index (κ3) is 4.64. The quantitative estimate of drug-likeness (QED) is 0.495. The molecule has 1 amide bonds. The number of thiophene rings is 1. The van der Waals surface area contributed by atoms with Crippen LogP contribution in [0.2, 0.25) is 0 Å². The number of nitro groups is 1. The highest BCUT2D eigenvalue weighted by atomic mass is 32.1. The van der Waals surface area contributed by atoms with Crippen LogP contribution in [0.1, 0.15) is 16.5 Å². The van der Waals surface area contributed by atoms with Crippen molar-refractivity contribution in [3.8, 4) is 5.75 Å². The van der Waals surface area contributed by atoms with Crippen LogP contribution < -0.4 is 10.1 Å². The molecule has 0 fully saturated rings. The van der Waals surface area contributed by atoms with Crippen LogP contribution in [-0.4, -0.2) is 22.4 Å². The normalized spacial score (nSPS) is 11.6. The lowest BCUT2D eigenvalue weighted by molar-refractivity contribution is -0.390. The van der Waals surface area contributed by atoms with E-state index in [4.69, 9.17) is 4.74 Å². The van der Waals surface area contributed by atoms with Gasteiger partial charge in [0, 0.05) is 4.88 Å². The second-order valence-corrected chi connectivity index (χ2v) is 6.42. The van der Waals surface area contributed by atoms with Crippen molar-refractivity contribution >= 4 is 23.1 Å². The van der Waals surface area contributed by atoms with Crippen LogP contribution in [0.4, 0.5) is 10.2 Å². The molecule has 0 unspecified atom stereocenters. The van der Waals surface area contributed by atoms with E-state index < -0.39 is 29.3 Å². The van der Waals surface area contributed by atoms with Crippen molar-refractivity contribution in [3.05, 3.63) is 86.5 Å². The molecular formula is C18H14FN3O4S. The van der Waals surface area contributed by atoms with E-state index in [0.29, 0.717) is 5.56 Å². The number of rotatable bonds is 7. The van der Waals surface area contributed by atoms with Gasteiger partial charge in [0.25, 0.3) is 5.91 Å². The molecule has 3 rings (SSSR count). The van der Waals surface area contributed by atoms with Gasteiger partial charge in [0.1, 0.15) is 12.0 Å². The van der Waals surface area contributed by atoms with E-state index in [1.54, 1.807) is 12.1 Å². The van der Waals surface area contributed by atoms with Gasteiger partial charge in [0.2, 0.25) is 5.75 Å². The van der Waals surface area contributed by atoms with Gasteiger partial charge in [0.15, 0.2) is 6.61 Å². The number of benzene rings is 1. The molecule has 2 aromatic heterocycles. The Hall–Kier alpha value is -3.33. The van der Waals surface area contributed by atoms with Crippen molar-refractivity contribution in [2.45, 2.75) is 6.04 Å². The van der Waals surface area contributed by atoms with Crippen molar-refractivity contribution in [1.29, 1.82) is 0 Å². The lowest BCUT2D eigenvalue weighted by atomic mass is 10.1. The predicted molar refractivity (Wildman–Crippen MR) is 97.1 cm³/mol. The van der Waals surface area contributed by atoms with E-state index in [-0.39, 0.29) is 11.6 Å². The molecule has 1 atom stereocenters. The van der Waals surface area contributed by atoms with E-state index in [1.165, 1.54) is 41.8 Å². The monoisotopic (exact) mass is 387 g/mol. The van der Waals surface area contributed by atoms with Gasteiger partial charge < -0.3 is 20.2 Å². The lowest BCUT2D eigenvalue weighted by Crippen LogP contribution is -2.33. The van der Waals surface area contributed by atoms with Crippen LogP contribution in [0.25, 0.3) is 0 Å². The van der Waals surface area contributed by atoms with E-state index in [0.717, 1.165) is 4.88 Å². The first-order chi connectivity index (χ1) is 13.0. The zero-order chi connectivity index (χ0) is 19.2. The molecule has 0 bridgehead atoms. The van der Waals surface area contributed by atoms with Crippen LogP contribution in [0.15, 0.2) is 60.1 Å². The number of nitrogens with zero attached hydrogens (tertiary/aromatic N) is 2. The molecular weight excluding hydrogens is 373 g/mol. The number of carbonyl (C=O) groups excluding carboxylic acids is 1. The minimum Gasteiger partial charge on any atom is -0.476 e. The summed E-state index contributed by atoms with van der Waals surface area (Å²) >= 11 is 1.44. The Morgan fingerprint density at radius 2 is 2.04 bits per heavy atom. The van der Waals surface area contributed by atoms with Crippen LogP contribution >= 0.6 is 11.3 Å². The van der Waals surface area contributed by atoms with Crippen LogP contribution in [-0.2, 0) is 4.79 Å². The number of pyridine rings is 1. The summed E-state index contributed by atoms with van der Waals surface area (Å²) in [6.07, 6.45) is 1.27. The predicted octanol–water partition coefficient (Wildman–Crippen LogP) is 3.48. The topological polar surface area (TPSA) is 94.4 Å². The van der Waals surface area contributed by atoms with E-state index in [9.17, 15) is 19.3 Å². The Balaban J connectivity index is 1.72. The van der Waals surface area contributed by atoms with Crippen molar-refractivity contribution in [2.24, 2.45) is 0 Å². The summed E-state index contributed by atoms with van der Waals surface area (Å²) in [6, 6.07) is 11.9. The average molecular weight is 387 g/mol. The Kier molecular flexibility index (Phi) is 5.72. The minimum absolute atomic E-state index is 0.0906. The number of nitrogens with one attached hydrogen (secondary N) is 1. The van der Waals surface area contributed by atoms with Crippen LogP contribution in [0.5, 0.6) is 5.75 Å². The smallest absolute Gasteiger partial charge is 0.406 e. The summed E-state index contributed by atoms with van der Waals surface area (Å²) in [6.45, 7) is -0.421. The second kappa shape index (κ2) is 8.37. The Morgan fingerprint density at radius 1 is 1.26 bits per heavy atom. The molecule has 0 spiro atoms. The van der Waals surface area contributed by atoms with E-state index in [2.05, 4.69) is 10.3 Å². The van der Waals surface area contributed by atoms with Gasteiger partial charge in [-0.2, -0.15) is 0 Å². The maximum absolute atomic E-state index is 13.2. The molecule has 27 heavy (non-hydrogen) atoms. The third-order valence-corrected chi connectivity index (χ3v) is 4.56. The number of halogens is 1. The van der Waals surface area contributed by atoms with Gasteiger partial charge in [-0.1, -0.05) is 18.2 Å². The first-order valence-electron chi connectivity index (χ1n) is 7.85. The van der Waals surface area contributed by atoms with Gasteiger partial charge in [-0.05, 0) is 51.2 Å². The van der Waals surface area contributed by atoms with Gasteiger partial charge >= 0.3 is 5.82 Å². The largest absolute Gasteiger partial charge is 0.476 e. The van der Waals surface area contributed by atoms with Crippen molar-refractivity contribution in [2.75, 3.05) is 6.61 Å². The zero-order valence-electron chi connectivity index (χ0n) is 13.9. The third-order valence-electron chi connectivity index (χ3n) is 3.62. The van der Waals surface area contributed by atoms with Crippen LogP contribution in [0, 0.1) is 15.9 Å². The highest BCUT2D eigenvalue weighted by Crippen LogP contribution is 2.27. The van der Waals surface area contributed by atoms with E-state index >= 15 is 0 Å². The van der Waals surface area contributed by atoms with Gasteiger partial charge in [-0.25, -0.2) is 4.39 Å². The highest BCUT2D eigenvalue weighted by Gasteiger charge is 2.20. The summed E-state index contributed by atoms with van der Waals surface area (Å²) in [5.74, 6) is -1.40. The minimum atomic E-state index is -0.680. The van der Waals surface area contributed by atoms with Crippen molar-refractivity contribution in [3.63, 3.8) is 0 Å². The molecule has 3 aromatic rings. The Morgan fingerprint density at radius 3 is 2.70 bits per heavy atom. The summed E-state index contributed by atoms with van der Waals surface area (Å²) < 4.78 is 18.5. The summed E-state index contributed by atoms with van der Waals surface area (Å²) in [5, 5.41) is 15.6. The molecule has 9 heteroatoms. The molecule has 0 aliphatic rings. The fourth-order valence-corrected chi connectivity index (χ4v) is 3.21. The zero-order valence-corrected chi connectivity index (χ0v) is 14.7. The van der Waals surface area contributed by atoms with Crippen molar-refractivity contribution < 1.29 is 18.8 Å². The van der Waals surface area contributed by atoms with Gasteiger partial charge in [-0.3, -0.25) is 4.79 Å². The molecule has 7 nitrogen and oxygen atoms in total. The Labute approximate surface area is 157 Å². The molecule has 0 saturated heterocycles. The Bertz CT molecular complexity index is 932. The highest BCUT2D eigenvalue weighted by molar-refractivity contribution is 7.10. The molecule has 0 radical (unpaired) electrons. The standard InChI is InChI=1S/C18H14FN3O4S/c19-13-7-5-12(6-8-13)17(15-4-2-10-27-15)21-16(23)11-26-14-3-1-9-20-18(14)22(24)25/h1-10,17H,11H2,(H,21,23)/t17-/m0/s1. The SMILES string of the molecule is O=C(COc1cccnc1[N+](=O)[O-])N[C@@H](c1ccc(F)cc1)c1cccs1. The molecule has 1 N–H and O–H groups in total. The fraction of sp³-hybridized carbons (Fsp3) is 0.111. The number of aromatic nitrogens is 1. The van der Waals surface area contributed by atoms with Crippen molar-refractivity contribution in [1.82, 2.24) is 10.3 Å². The van der Waals surface area contributed by atoms with Crippen LogP contribution in [0.3, 0.4) is 0 Å². The molecule has 0 aliphatic heterocycles. The summed E-state index contributed by atoms with van der Waals surface area (Å²) in [5.41, 5.74) is 0.708. The molecule has 0 saturated carbocycles. The summed E-state index contributed by atoms with van der Waals surface area (Å²) in [7, 11) is 0. The molecule has 0 aliphatic carbocycles. The molecule has 138 valence electrons. The van der Waals surface area contributed by atoms with E-state index in [1.807, 2.05) is 17.5 Å². The first-order valence-corrected chi connectivity index (χ1v) is 8.73. The van der Waals surface area contributed by atoms with Gasteiger partial charge in [0.05, 0.1) is 6.04 Å². The number of carbonyl (C=O) groups is 1. The maximum Gasteiger partial charge on any atom is 0.406 e. The maximum atomic E-state index is 13.2. The number of hydrogen-bond donors (Lipinski definition) is 1. The average Bonchev–Trinajstić information content (AvgIpc) is 3.20. The van der Waals surface area contributed by atoms with Gasteiger partial charge in [-0.15, -0.1) is 11.3 Å². The second-order valence-electron chi connectivity index (χ2n) is 5.44. The number of ether oxygens (including phenoxy) is 1. The number of amides is 1.